The van der Waals surface area contributed by atoms with E-state index in [2.05, 4.69) is 36.3 Å². The van der Waals surface area contributed by atoms with Gasteiger partial charge in [0.1, 0.15) is 11.2 Å². The van der Waals surface area contributed by atoms with Crippen molar-refractivity contribution in [2.45, 2.75) is 38.3 Å². The number of aliphatic hydroxyl groups excluding tert-OH is 1. The van der Waals surface area contributed by atoms with Crippen LogP contribution in [0.1, 0.15) is 20.8 Å². The molecule has 94 valence electrons. The summed E-state index contributed by atoms with van der Waals surface area (Å²) in [7, 11) is 0. The van der Waals surface area contributed by atoms with E-state index in [0.717, 1.165) is 13.1 Å². The molecule has 1 fully saturated rings. The number of carbonyl (C=O) groups is 1. The van der Waals surface area contributed by atoms with Crippen LogP contribution in [-0.2, 0) is 4.79 Å². The number of Topliss-reactive ketones (excluding diaryl/α,β-unsaturated/α-hetero) is 1. The fraction of sp³-hybridized carbons (Fsp3) is 0.909. The summed E-state index contributed by atoms with van der Waals surface area (Å²) in [4.78, 5) is 15.6. The number of carbonyl (C=O) groups excluding carboxylic acids is 1. The van der Waals surface area contributed by atoms with Gasteiger partial charge in [0, 0.05) is 31.7 Å². The molecule has 1 heterocycles. The second-order valence-corrected chi connectivity index (χ2v) is 5.37. The Bertz CT molecular complexity index is 236. The summed E-state index contributed by atoms with van der Waals surface area (Å²) in [5, 5.41) is 9.24. The van der Waals surface area contributed by atoms with E-state index in [1.54, 1.807) is 6.92 Å². The number of hydrogen-bond acceptors (Lipinski definition) is 5. The first-order chi connectivity index (χ1) is 7.40. The van der Waals surface area contributed by atoms with Crippen molar-refractivity contribution in [1.29, 1.82) is 0 Å². The number of rotatable bonds is 4. The Balaban J connectivity index is 2.53. The van der Waals surface area contributed by atoms with Gasteiger partial charge in [0.25, 0.3) is 0 Å². The molecule has 16 heavy (non-hydrogen) atoms. The van der Waals surface area contributed by atoms with E-state index >= 15 is 0 Å². The largest absolute Gasteiger partial charge is 0.381 e. The molecule has 0 spiro atoms. The maximum atomic E-state index is 11.2. The number of aliphatic hydroxyl groups is 1. The summed E-state index contributed by atoms with van der Waals surface area (Å²) in [6.07, 6.45) is 0. The highest BCUT2D eigenvalue weighted by molar-refractivity contribution is 7.80. The van der Waals surface area contributed by atoms with Gasteiger partial charge in [-0.3, -0.25) is 14.6 Å². The normalized spacial score (nSPS) is 30.3. The molecule has 0 aromatic rings. The average molecular weight is 246 g/mol. The first-order valence-electron chi connectivity index (χ1n) is 5.73. The van der Waals surface area contributed by atoms with Crippen LogP contribution in [0.3, 0.4) is 0 Å². The summed E-state index contributed by atoms with van der Waals surface area (Å²) in [5.74, 6) is 0.210. The summed E-state index contributed by atoms with van der Waals surface area (Å²) in [6.45, 7) is 8.76. The van der Waals surface area contributed by atoms with E-state index in [4.69, 9.17) is 0 Å². The van der Waals surface area contributed by atoms with Crippen LogP contribution in [0, 0.1) is 0 Å². The van der Waals surface area contributed by atoms with Gasteiger partial charge in [-0.2, -0.15) is 0 Å². The van der Waals surface area contributed by atoms with Crippen molar-refractivity contribution in [2.75, 3.05) is 26.2 Å². The third kappa shape index (κ3) is 4.05. The average Bonchev–Trinajstić information content (AvgIpc) is 2.10. The van der Waals surface area contributed by atoms with Crippen LogP contribution in [0.15, 0.2) is 0 Å². The molecular formula is C11H22N2O2S. The monoisotopic (exact) mass is 246 g/mol. The van der Waals surface area contributed by atoms with E-state index in [1.165, 1.54) is 0 Å². The highest BCUT2D eigenvalue weighted by Gasteiger charge is 2.30. The highest BCUT2D eigenvalue weighted by Crippen LogP contribution is 2.16. The van der Waals surface area contributed by atoms with Crippen LogP contribution in [0.4, 0.5) is 0 Å². The third-order valence-corrected chi connectivity index (χ3v) is 3.17. The molecule has 3 atom stereocenters. The van der Waals surface area contributed by atoms with Crippen molar-refractivity contribution < 1.29 is 9.90 Å². The fourth-order valence-corrected chi connectivity index (χ4v) is 2.65. The third-order valence-electron chi connectivity index (χ3n) is 3.00. The molecule has 0 amide bonds. The van der Waals surface area contributed by atoms with Crippen LogP contribution >= 0.6 is 12.6 Å². The zero-order valence-electron chi connectivity index (χ0n) is 10.3. The molecular weight excluding hydrogens is 224 g/mol. The minimum Gasteiger partial charge on any atom is -0.381 e. The summed E-state index contributed by atoms with van der Waals surface area (Å²) in [5.41, 5.74) is -0.584. The summed E-state index contributed by atoms with van der Waals surface area (Å²) >= 11 is 3.99. The first kappa shape index (κ1) is 14.0. The highest BCUT2D eigenvalue weighted by atomic mass is 32.1. The summed E-state index contributed by atoms with van der Waals surface area (Å²) < 4.78 is 0. The zero-order chi connectivity index (χ0) is 12.3. The zero-order valence-corrected chi connectivity index (χ0v) is 11.2. The second-order valence-electron chi connectivity index (χ2n) is 4.77. The Hall–Kier alpha value is -0.100. The molecule has 0 radical (unpaired) electrons. The smallest absolute Gasteiger partial charge is 0.143 e. The van der Waals surface area contributed by atoms with Gasteiger partial charge in [-0.15, -0.1) is 12.6 Å². The lowest BCUT2D eigenvalue weighted by atomic mass is 10.1. The van der Waals surface area contributed by atoms with Crippen molar-refractivity contribution in [3.8, 4) is 0 Å². The topological polar surface area (TPSA) is 43.8 Å². The molecule has 0 aliphatic carbocycles. The number of nitrogens with zero attached hydrogens (tertiary/aromatic N) is 2. The van der Waals surface area contributed by atoms with E-state index in [1.807, 2.05) is 0 Å². The van der Waals surface area contributed by atoms with E-state index in [9.17, 15) is 9.90 Å². The molecule has 0 saturated carbocycles. The van der Waals surface area contributed by atoms with E-state index in [-0.39, 0.29) is 5.78 Å². The van der Waals surface area contributed by atoms with Gasteiger partial charge in [0.05, 0.1) is 6.54 Å². The Labute approximate surface area is 103 Å². The number of ketones is 1. The quantitative estimate of drug-likeness (QED) is 0.550. The Morgan fingerprint density at radius 3 is 2.31 bits per heavy atom. The van der Waals surface area contributed by atoms with Crippen LogP contribution < -0.4 is 0 Å². The lowest BCUT2D eigenvalue weighted by Gasteiger charge is -2.44. The Kier molecular flexibility index (Phi) is 5.24. The molecule has 1 aliphatic rings. The molecule has 1 N–H and O–H groups in total. The predicted octanol–water partition coefficient (Wildman–Crippen LogP) is 0.218. The van der Waals surface area contributed by atoms with Crippen LogP contribution in [0.5, 0.6) is 0 Å². The molecule has 5 heteroatoms. The van der Waals surface area contributed by atoms with Crippen LogP contribution in [0.25, 0.3) is 0 Å². The van der Waals surface area contributed by atoms with Gasteiger partial charge in [-0.05, 0) is 20.8 Å². The molecule has 3 unspecified atom stereocenters. The molecule has 1 saturated heterocycles. The number of piperazine rings is 1. The lowest BCUT2D eigenvalue weighted by molar-refractivity contribution is -0.120. The number of thiol groups is 1. The van der Waals surface area contributed by atoms with Gasteiger partial charge < -0.3 is 5.11 Å². The number of β-amino-alcohol motifs (C(OH)–C–C–N with tert-alkyl or cyclic N) is 1. The van der Waals surface area contributed by atoms with E-state index < -0.39 is 5.44 Å². The van der Waals surface area contributed by atoms with Crippen molar-refractivity contribution in [3.63, 3.8) is 0 Å². The SMILES string of the molecule is CC(=O)CN1C(C)CN(CC(O)S)CC1C. The number of hydrogen-bond donors (Lipinski definition) is 2. The maximum absolute atomic E-state index is 11.2. The molecule has 4 nitrogen and oxygen atoms in total. The van der Waals surface area contributed by atoms with Gasteiger partial charge >= 0.3 is 0 Å². The van der Waals surface area contributed by atoms with Gasteiger partial charge in [-0.25, -0.2) is 0 Å². The molecule has 1 aliphatic heterocycles. The van der Waals surface area contributed by atoms with Gasteiger partial charge in [0.2, 0.25) is 0 Å². The van der Waals surface area contributed by atoms with Crippen molar-refractivity contribution >= 4 is 18.4 Å². The van der Waals surface area contributed by atoms with E-state index in [0.29, 0.717) is 25.2 Å². The van der Waals surface area contributed by atoms with Gasteiger partial charge in [0.15, 0.2) is 0 Å². The van der Waals surface area contributed by atoms with Crippen LogP contribution in [0.2, 0.25) is 0 Å². The summed E-state index contributed by atoms with van der Waals surface area (Å²) in [6, 6.07) is 0.694. The Morgan fingerprint density at radius 1 is 1.44 bits per heavy atom. The standard InChI is InChI=1S/C11H22N2O2S/c1-8-4-12(7-11(15)16)5-9(2)13(8)6-10(3)14/h8-9,11,15-16H,4-7H2,1-3H3. The predicted molar refractivity (Wildman–Crippen MR) is 67.7 cm³/mol. The first-order valence-corrected chi connectivity index (χ1v) is 6.25. The molecule has 0 bridgehead atoms. The molecule has 1 rings (SSSR count). The van der Waals surface area contributed by atoms with Crippen LogP contribution in [-0.4, -0.2) is 64.4 Å². The molecule has 0 aromatic carbocycles. The van der Waals surface area contributed by atoms with Crippen molar-refractivity contribution in [1.82, 2.24) is 9.80 Å². The minimum absolute atomic E-state index is 0.210. The lowest BCUT2D eigenvalue weighted by Crippen LogP contribution is -2.58. The van der Waals surface area contributed by atoms with Crippen molar-refractivity contribution in [3.05, 3.63) is 0 Å². The minimum atomic E-state index is -0.584. The second kappa shape index (κ2) is 6.00. The fourth-order valence-electron chi connectivity index (χ4n) is 2.41. The molecule has 0 aromatic heterocycles. The maximum Gasteiger partial charge on any atom is 0.143 e. The van der Waals surface area contributed by atoms with Gasteiger partial charge in [-0.1, -0.05) is 0 Å². The van der Waals surface area contributed by atoms with Crippen molar-refractivity contribution in [2.24, 2.45) is 0 Å². The Morgan fingerprint density at radius 2 is 1.94 bits per heavy atom.